The van der Waals surface area contributed by atoms with E-state index in [-0.39, 0.29) is 27.1 Å². The molecule has 0 fully saturated rings. The van der Waals surface area contributed by atoms with Gasteiger partial charge in [-0.2, -0.15) is 36.4 Å². The summed E-state index contributed by atoms with van der Waals surface area (Å²) in [7, 11) is 0. The van der Waals surface area contributed by atoms with E-state index in [1.54, 1.807) is 0 Å². The Morgan fingerprint density at radius 3 is 1.00 bits per heavy atom. The summed E-state index contributed by atoms with van der Waals surface area (Å²) in [5.74, 6) is 0. The Bertz CT molecular complexity index is 205. The average Bonchev–Trinajstić information content (AvgIpc) is 2.81. The van der Waals surface area contributed by atoms with Crippen LogP contribution in [-0.4, -0.2) is 0 Å². The Kier molecular flexibility index (Phi) is 12.1. The van der Waals surface area contributed by atoms with E-state index in [1.165, 1.54) is 0 Å². The largest absolute Gasteiger partial charge is 4.00 e. The molecule has 0 amide bonds. The maximum absolute atomic E-state index is 3.66. The van der Waals surface area contributed by atoms with Crippen LogP contribution in [0.5, 0.6) is 0 Å². The summed E-state index contributed by atoms with van der Waals surface area (Å²) in [6, 6.07) is 20.0. The van der Waals surface area contributed by atoms with Gasteiger partial charge in [0.05, 0.1) is 0 Å². The summed E-state index contributed by atoms with van der Waals surface area (Å²) in [5, 5.41) is 0. The van der Waals surface area contributed by atoms with Gasteiger partial charge < -0.3 is 13.8 Å². The Labute approximate surface area is 115 Å². The summed E-state index contributed by atoms with van der Waals surface area (Å²) in [6.45, 7) is 11.2. The van der Waals surface area contributed by atoms with Gasteiger partial charge in [0.25, 0.3) is 0 Å². The van der Waals surface area contributed by atoms with Gasteiger partial charge in [-0.15, -0.1) is 13.8 Å². The van der Waals surface area contributed by atoms with E-state index in [1.807, 2.05) is 74.5 Å². The van der Waals surface area contributed by atoms with E-state index in [0.717, 1.165) is 0 Å². The maximum atomic E-state index is 3.66. The topological polar surface area (TPSA) is 0 Å². The monoisotopic (exact) mass is 248 g/mol. The van der Waals surface area contributed by atoms with Crippen LogP contribution >= 0.6 is 0 Å². The zero-order valence-corrected chi connectivity index (χ0v) is 11.7. The van der Waals surface area contributed by atoms with Gasteiger partial charge in [0.15, 0.2) is 0 Å². The third-order valence-electron chi connectivity index (χ3n) is 1.11. The fraction of sp³-hybridized carbons (Fsp3) is 0.200. The van der Waals surface area contributed by atoms with E-state index in [2.05, 4.69) is 13.8 Å². The summed E-state index contributed by atoms with van der Waals surface area (Å²) in [6.07, 6.45) is 0. The zero-order chi connectivity index (χ0) is 11.6. The van der Waals surface area contributed by atoms with Crippen LogP contribution in [0.15, 0.2) is 60.7 Å². The normalized spacial score (nSPS) is 8.75. The fourth-order valence-electron chi connectivity index (χ4n) is 0.642. The first-order valence-corrected chi connectivity index (χ1v) is 5.04. The van der Waals surface area contributed by atoms with Crippen molar-refractivity contribution in [2.24, 2.45) is 5.41 Å². The summed E-state index contributed by atoms with van der Waals surface area (Å²) >= 11 is 0. The number of hydrogen-bond donors (Lipinski definition) is 0. The van der Waals surface area contributed by atoms with Crippen LogP contribution in [-0.2, 0) is 21.7 Å². The predicted octanol–water partition coefficient (Wildman–Crippen LogP) is 4.49. The van der Waals surface area contributed by atoms with Gasteiger partial charge >= 0.3 is 21.7 Å². The fourth-order valence-corrected chi connectivity index (χ4v) is 0.642. The van der Waals surface area contributed by atoms with Gasteiger partial charge in [0.1, 0.15) is 0 Å². The molecule has 0 aliphatic carbocycles. The quantitative estimate of drug-likeness (QED) is 0.476. The molecule has 0 aromatic heterocycles. The molecule has 0 bridgehead atoms. The minimum absolute atomic E-state index is 0. The van der Waals surface area contributed by atoms with E-state index in [9.17, 15) is 0 Å². The van der Waals surface area contributed by atoms with Crippen LogP contribution < -0.4 is 0 Å². The first-order chi connectivity index (χ1) is 7.00. The van der Waals surface area contributed by atoms with Crippen molar-refractivity contribution in [3.05, 3.63) is 74.5 Å². The molecule has 0 N–H and O–H groups in total. The molecule has 1 heteroatoms. The SMILES string of the molecule is [CH2-]C([CH2-])(C)C.[Ti+4].c1cc[cH-]c1.c1cc[cH-]c1. The number of rotatable bonds is 0. The smallest absolute Gasteiger partial charge is 0.367 e. The molecule has 2 aromatic carbocycles. The molecule has 0 spiro atoms. The molecular weight excluding hydrogens is 228 g/mol. The molecule has 0 aliphatic heterocycles. The van der Waals surface area contributed by atoms with Crippen LogP contribution in [0, 0.1) is 19.3 Å². The second kappa shape index (κ2) is 10.9. The van der Waals surface area contributed by atoms with Gasteiger partial charge in [-0.1, -0.05) is 0 Å². The Morgan fingerprint density at radius 2 is 0.938 bits per heavy atom. The molecule has 2 rings (SSSR count). The van der Waals surface area contributed by atoms with Gasteiger partial charge in [-0.3, -0.25) is 5.41 Å². The molecule has 0 saturated heterocycles. The van der Waals surface area contributed by atoms with Gasteiger partial charge in [0, 0.05) is 0 Å². The minimum Gasteiger partial charge on any atom is -0.367 e. The summed E-state index contributed by atoms with van der Waals surface area (Å²) in [4.78, 5) is 0. The standard InChI is InChI=1S/2C5H5.C5H10.Ti/c2*1-2-4-5-3-1;1-5(2,3)4;/h2*1-5H;1-2H2,3-4H3;/q2*-1;-2;+4. The van der Waals surface area contributed by atoms with Gasteiger partial charge in [0.2, 0.25) is 0 Å². The van der Waals surface area contributed by atoms with E-state index in [0.29, 0.717) is 0 Å². The summed E-state index contributed by atoms with van der Waals surface area (Å²) < 4.78 is 0. The molecule has 0 atom stereocenters. The van der Waals surface area contributed by atoms with Crippen molar-refractivity contribution < 1.29 is 21.7 Å². The van der Waals surface area contributed by atoms with Crippen molar-refractivity contribution in [3.8, 4) is 0 Å². The van der Waals surface area contributed by atoms with Crippen LogP contribution in [0.25, 0.3) is 0 Å². The summed E-state index contributed by atoms with van der Waals surface area (Å²) in [5.41, 5.74) is 0. The Balaban J connectivity index is 0. The first kappa shape index (κ1) is 17.8. The first-order valence-electron chi connectivity index (χ1n) is 5.04. The Morgan fingerprint density at radius 1 is 0.750 bits per heavy atom. The Hall–Kier alpha value is -0.586. The van der Waals surface area contributed by atoms with Crippen LogP contribution in [0.1, 0.15) is 13.8 Å². The van der Waals surface area contributed by atoms with Crippen molar-refractivity contribution in [1.82, 2.24) is 0 Å². The van der Waals surface area contributed by atoms with Crippen molar-refractivity contribution in [1.29, 1.82) is 0 Å². The second-order valence-electron chi connectivity index (χ2n) is 4.09. The zero-order valence-electron chi connectivity index (χ0n) is 10.2. The molecule has 0 nitrogen and oxygen atoms in total. The molecule has 0 aliphatic rings. The number of hydrogen-bond acceptors (Lipinski definition) is 0. The van der Waals surface area contributed by atoms with Crippen molar-refractivity contribution >= 4 is 0 Å². The predicted molar refractivity (Wildman–Crippen MR) is 68.6 cm³/mol. The third-order valence-corrected chi connectivity index (χ3v) is 1.11. The molecule has 0 radical (unpaired) electrons. The van der Waals surface area contributed by atoms with Crippen LogP contribution in [0.4, 0.5) is 0 Å². The van der Waals surface area contributed by atoms with Crippen molar-refractivity contribution in [2.45, 2.75) is 13.8 Å². The van der Waals surface area contributed by atoms with Crippen molar-refractivity contribution in [3.63, 3.8) is 0 Å². The molecule has 2 aromatic rings. The molecule has 0 heterocycles. The van der Waals surface area contributed by atoms with Gasteiger partial charge in [-0.05, 0) is 0 Å². The molecule has 16 heavy (non-hydrogen) atoms. The molecular formula is C15H20Ti. The van der Waals surface area contributed by atoms with E-state index >= 15 is 0 Å². The average molecular weight is 248 g/mol. The molecule has 84 valence electrons. The van der Waals surface area contributed by atoms with Crippen LogP contribution in [0.2, 0.25) is 0 Å². The second-order valence-corrected chi connectivity index (χ2v) is 4.09. The maximum Gasteiger partial charge on any atom is 4.00 e. The van der Waals surface area contributed by atoms with Crippen molar-refractivity contribution in [2.75, 3.05) is 0 Å². The molecule has 0 unspecified atom stereocenters. The van der Waals surface area contributed by atoms with Gasteiger partial charge in [-0.25, -0.2) is 24.3 Å². The van der Waals surface area contributed by atoms with Crippen LogP contribution in [0.3, 0.4) is 0 Å². The molecule has 0 saturated carbocycles. The van der Waals surface area contributed by atoms with E-state index in [4.69, 9.17) is 0 Å². The minimum atomic E-state index is 0. The third kappa shape index (κ3) is 23.3. The van der Waals surface area contributed by atoms with E-state index < -0.39 is 0 Å².